The second-order valence-corrected chi connectivity index (χ2v) is 3.10. The van der Waals surface area contributed by atoms with Gasteiger partial charge in [0.15, 0.2) is 0 Å². The van der Waals surface area contributed by atoms with Crippen LogP contribution in [0, 0.1) is 5.92 Å². The summed E-state index contributed by atoms with van der Waals surface area (Å²) in [5, 5.41) is 2.74. The monoisotopic (exact) mass is 167 g/mol. The van der Waals surface area contributed by atoms with Gasteiger partial charge in [0.1, 0.15) is 0 Å². The maximum absolute atomic E-state index is 11.2. The first-order chi connectivity index (χ1) is 5.57. The minimum absolute atomic E-state index is 0.0162. The standard InChI is InChI=1S/C10H17NO/c1-5-6-11-10(12)9(4)7-8(2)3/h5,9H,1-2,6-7H2,3-4H3,(H,11,12). The third-order valence-corrected chi connectivity index (χ3v) is 1.52. The SMILES string of the molecule is C=CCNC(=O)C(C)CC(=C)C. The van der Waals surface area contributed by atoms with E-state index in [1.165, 1.54) is 0 Å². The van der Waals surface area contributed by atoms with Gasteiger partial charge in [0.05, 0.1) is 0 Å². The third kappa shape index (κ3) is 4.72. The molecule has 2 nitrogen and oxygen atoms in total. The Balaban J connectivity index is 3.76. The molecule has 0 aromatic carbocycles. The highest BCUT2D eigenvalue weighted by Crippen LogP contribution is 2.08. The first-order valence-electron chi connectivity index (χ1n) is 4.11. The number of carbonyl (C=O) groups is 1. The lowest BCUT2D eigenvalue weighted by Gasteiger charge is -2.10. The maximum Gasteiger partial charge on any atom is 0.223 e. The molecule has 0 aliphatic carbocycles. The van der Waals surface area contributed by atoms with Crippen LogP contribution in [-0.2, 0) is 4.79 Å². The Hall–Kier alpha value is -1.05. The normalized spacial score (nSPS) is 11.8. The van der Waals surface area contributed by atoms with E-state index in [-0.39, 0.29) is 11.8 Å². The molecule has 2 heteroatoms. The van der Waals surface area contributed by atoms with Crippen LogP contribution >= 0.6 is 0 Å². The van der Waals surface area contributed by atoms with Gasteiger partial charge in [-0.25, -0.2) is 0 Å². The molecule has 1 atom stereocenters. The highest BCUT2D eigenvalue weighted by Gasteiger charge is 2.10. The molecule has 0 saturated carbocycles. The zero-order chi connectivity index (χ0) is 9.56. The van der Waals surface area contributed by atoms with Gasteiger partial charge < -0.3 is 5.32 Å². The Kier molecular flexibility index (Phi) is 5.09. The van der Waals surface area contributed by atoms with Crippen molar-refractivity contribution >= 4 is 5.91 Å². The average molecular weight is 167 g/mol. The van der Waals surface area contributed by atoms with Gasteiger partial charge in [-0.1, -0.05) is 18.6 Å². The molecule has 0 heterocycles. The predicted octanol–water partition coefficient (Wildman–Crippen LogP) is 1.89. The molecule has 0 radical (unpaired) electrons. The summed E-state index contributed by atoms with van der Waals surface area (Å²) in [5.41, 5.74) is 1.04. The van der Waals surface area contributed by atoms with Crippen LogP contribution in [0.4, 0.5) is 0 Å². The van der Waals surface area contributed by atoms with Gasteiger partial charge in [0.25, 0.3) is 0 Å². The van der Waals surface area contributed by atoms with Crippen LogP contribution in [0.1, 0.15) is 20.3 Å². The van der Waals surface area contributed by atoms with Gasteiger partial charge in [-0.15, -0.1) is 13.2 Å². The molecular weight excluding hydrogens is 150 g/mol. The zero-order valence-electron chi connectivity index (χ0n) is 7.89. The number of allylic oxidation sites excluding steroid dienone is 1. The van der Waals surface area contributed by atoms with Crippen molar-refractivity contribution in [3.05, 3.63) is 24.8 Å². The van der Waals surface area contributed by atoms with E-state index in [0.29, 0.717) is 6.54 Å². The van der Waals surface area contributed by atoms with Crippen molar-refractivity contribution in [1.82, 2.24) is 5.32 Å². The Bertz CT molecular complexity index is 184. The summed E-state index contributed by atoms with van der Waals surface area (Å²) in [6, 6.07) is 0. The van der Waals surface area contributed by atoms with Crippen molar-refractivity contribution in [2.75, 3.05) is 6.54 Å². The fourth-order valence-corrected chi connectivity index (χ4v) is 0.962. The van der Waals surface area contributed by atoms with Crippen molar-refractivity contribution < 1.29 is 4.79 Å². The van der Waals surface area contributed by atoms with Crippen molar-refractivity contribution in [3.63, 3.8) is 0 Å². The summed E-state index contributed by atoms with van der Waals surface area (Å²) >= 11 is 0. The summed E-state index contributed by atoms with van der Waals surface area (Å²) in [4.78, 5) is 11.2. The van der Waals surface area contributed by atoms with E-state index in [1.54, 1.807) is 6.08 Å². The van der Waals surface area contributed by atoms with Gasteiger partial charge >= 0.3 is 0 Å². The molecule has 0 spiro atoms. The second kappa shape index (κ2) is 5.58. The number of nitrogens with one attached hydrogen (secondary N) is 1. The van der Waals surface area contributed by atoms with E-state index < -0.39 is 0 Å². The Morgan fingerprint density at radius 1 is 1.67 bits per heavy atom. The molecule has 0 fully saturated rings. The molecule has 0 aromatic rings. The van der Waals surface area contributed by atoms with Gasteiger partial charge in [-0.3, -0.25) is 4.79 Å². The van der Waals surface area contributed by atoms with Crippen LogP contribution in [0.2, 0.25) is 0 Å². The van der Waals surface area contributed by atoms with Crippen LogP contribution < -0.4 is 5.32 Å². The summed E-state index contributed by atoms with van der Waals surface area (Å²) in [7, 11) is 0. The summed E-state index contributed by atoms with van der Waals surface area (Å²) in [6.07, 6.45) is 2.42. The van der Waals surface area contributed by atoms with Crippen molar-refractivity contribution in [2.45, 2.75) is 20.3 Å². The van der Waals surface area contributed by atoms with Crippen LogP contribution in [0.5, 0.6) is 0 Å². The van der Waals surface area contributed by atoms with Gasteiger partial charge in [-0.05, 0) is 13.3 Å². The first-order valence-corrected chi connectivity index (χ1v) is 4.11. The number of rotatable bonds is 5. The van der Waals surface area contributed by atoms with Gasteiger partial charge in [0, 0.05) is 12.5 Å². The number of carbonyl (C=O) groups excluding carboxylic acids is 1. The number of hydrogen-bond acceptors (Lipinski definition) is 1. The van der Waals surface area contributed by atoms with Crippen molar-refractivity contribution in [2.24, 2.45) is 5.92 Å². The van der Waals surface area contributed by atoms with E-state index in [9.17, 15) is 4.79 Å². The van der Waals surface area contributed by atoms with Gasteiger partial charge in [-0.2, -0.15) is 0 Å². The lowest BCUT2D eigenvalue weighted by atomic mass is 10.0. The summed E-state index contributed by atoms with van der Waals surface area (Å²) in [5.74, 6) is 0.0837. The van der Waals surface area contributed by atoms with Crippen molar-refractivity contribution in [3.8, 4) is 0 Å². The van der Waals surface area contributed by atoms with E-state index in [4.69, 9.17) is 0 Å². The number of hydrogen-bond donors (Lipinski definition) is 1. The lowest BCUT2D eigenvalue weighted by molar-refractivity contribution is -0.124. The molecule has 12 heavy (non-hydrogen) atoms. The Morgan fingerprint density at radius 2 is 2.25 bits per heavy atom. The molecular formula is C10H17NO. The summed E-state index contributed by atoms with van der Waals surface area (Å²) in [6.45, 7) is 11.6. The average Bonchev–Trinajstić information content (AvgIpc) is 1.98. The molecule has 0 rings (SSSR count). The number of amides is 1. The lowest BCUT2D eigenvalue weighted by Crippen LogP contribution is -2.29. The Morgan fingerprint density at radius 3 is 2.67 bits per heavy atom. The van der Waals surface area contributed by atoms with E-state index in [1.807, 2.05) is 13.8 Å². The molecule has 1 N–H and O–H groups in total. The minimum atomic E-state index is 0.0162. The first kappa shape index (κ1) is 11.0. The Labute approximate surface area is 74.4 Å². The van der Waals surface area contributed by atoms with Crippen LogP contribution in [0.3, 0.4) is 0 Å². The highest BCUT2D eigenvalue weighted by atomic mass is 16.1. The van der Waals surface area contributed by atoms with E-state index >= 15 is 0 Å². The topological polar surface area (TPSA) is 29.1 Å². The van der Waals surface area contributed by atoms with Crippen LogP contribution in [0.15, 0.2) is 24.8 Å². The van der Waals surface area contributed by atoms with Crippen LogP contribution in [0.25, 0.3) is 0 Å². The quantitative estimate of drug-likeness (QED) is 0.622. The smallest absolute Gasteiger partial charge is 0.223 e. The fourth-order valence-electron chi connectivity index (χ4n) is 0.962. The molecule has 1 unspecified atom stereocenters. The molecule has 0 aliphatic rings. The fraction of sp³-hybridized carbons (Fsp3) is 0.500. The third-order valence-electron chi connectivity index (χ3n) is 1.52. The minimum Gasteiger partial charge on any atom is -0.352 e. The van der Waals surface area contributed by atoms with Gasteiger partial charge in [0.2, 0.25) is 5.91 Å². The molecule has 0 bridgehead atoms. The highest BCUT2D eigenvalue weighted by molar-refractivity contribution is 5.78. The van der Waals surface area contributed by atoms with Crippen LogP contribution in [-0.4, -0.2) is 12.5 Å². The van der Waals surface area contributed by atoms with E-state index in [2.05, 4.69) is 18.5 Å². The predicted molar refractivity (Wildman–Crippen MR) is 51.8 cm³/mol. The molecule has 0 aromatic heterocycles. The largest absolute Gasteiger partial charge is 0.352 e. The zero-order valence-corrected chi connectivity index (χ0v) is 7.89. The molecule has 1 amide bonds. The van der Waals surface area contributed by atoms with Crippen molar-refractivity contribution in [1.29, 1.82) is 0 Å². The molecule has 0 aliphatic heterocycles. The van der Waals surface area contributed by atoms with E-state index in [0.717, 1.165) is 12.0 Å². The summed E-state index contributed by atoms with van der Waals surface area (Å²) < 4.78 is 0. The second-order valence-electron chi connectivity index (χ2n) is 3.10. The molecule has 0 saturated heterocycles. The maximum atomic E-state index is 11.2. The molecule has 68 valence electrons.